The molecule has 3 rings (SSSR count). The third-order valence-electron chi connectivity index (χ3n) is 4.80. The van der Waals surface area contributed by atoms with Crippen LogP contribution in [0.1, 0.15) is 31.9 Å². The Morgan fingerprint density at radius 2 is 1.81 bits per heavy atom. The Morgan fingerprint density at radius 3 is 2.34 bits per heavy atom. The number of nitrogens with zero attached hydrogens (tertiary/aromatic N) is 4. The molecule has 0 spiro atoms. The lowest BCUT2D eigenvalue weighted by atomic mass is 10.1. The molecule has 174 valence electrons. The molecule has 2 aromatic rings. The van der Waals surface area contributed by atoms with Crippen LogP contribution in [0.2, 0.25) is 5.15 Å². The summed E-state index contributed by atoms with van der Waals surface area (Å²) < 4.78 is 43.9. The predicted octanol–water partition coefficient (Wildman–Crippen LogP) is 5.26. The average Bonchev–Trinajstić information content (AvgIpc) is 2.67. The number of amides is 1. The molecule has 0 aliphatic carbocycles. The number of ether oxygens (including phenoxy) is 1. The third kappa shape index (κ3) is 5.93. The summed E-state index contributed by atoms with van der Waals surface area (Å²) in [5.74, 6) is -0.0233. The number of aryl methyl sites for hydroxylation is 1. The van der Waals surface area contributed by atoms with Crippen molar-refractivity contribution in [3.05, 3.63) is 40.7 Å². The number of rotatable bonds is 3. The molecule has 1 amide bonds. The van der Waals surface area contributed by atoms with Crippen LogP contribution in [-0.2, 0) is 10.9 Å². The van der Waals surface area contributed by atoms with Gasteiger partial charge in [0.25, 0.3) is 0 Å². The van der Waals surface area contributed by atoms with Crippen molar-refractivity contribution in [1.29, 1.82) is 0 Å². The van der Waals surface area contributed by atoms with Crippen LogP contribution in [0.4, 0.5) is 35.3 Å². The Morgan fingerprint density at radius 1 is 1.16 bits per heavy atom. The number of piperazine rings is 1. The van der Waals surface area contributed by atoms with Crippen molar-refractivity contribution in [1.82, 2.24) is 14.9 Å². The SMILES string of the molecule is Cc1cc(N2CCN(C(=O)OC(C)(C)C)CC2)ccc1Nc1ncc(C(F)(F)F)c(Cl)n1. The smallest absolute Gasteiger partial charge is 0.420 e. The summed E-state index contributed by atoms with van der Waals surface area (Å²) in [6.45, 7) is 9.79. The molecule has 1 aliphatic rings. The fourth-order valence-corrected chi connectivity index (χ4v) is 3.43. The predicted molar refractivity (Wildman–Crippen MR) is 117 cm³/mol. The molecular formula is C21H25ClF3N5O2. The van der Waals surface area contributed by atoms with Gasteiger partial charge in [0.2, 0.25) is 5.95 Å². The van der Waals surface area contributed by atoms with Gasteiger partial charge in [-0.2, -0.15) is 13.2 Å². The largest absolute Gasteiger partial charge is 0.444 e. The molecule has 1 aromatic heterocycles. The second-order valence-electron chi connectivity index (χ2n) is 8.47. The van der Waals surface area contributed by atoms with Gasteiger partial charge < -0.3 is 19.9 Å². The van der Waals surface area contributed by atoms with Gasteiger partial charge >= 0.3 is 12.3 Å². The van der Waals surface area contributed by atoms with Crippen molar-refractivity contribution in [2.24, 2.45) is 0 Å². The van der Waals surface area contributed by atoms with Crippen LogP contribution >= 0.6 is 11.6 Å². The zero-order valence-corrected chi connectivity index (χ0v) is 19.0. The van der Waals surface area contributed by atoms with Crippen molar-refractivity contribution in [3.8, 4) is 0 Å². The third-order valence-corrected chi connectivity index (χ3v) is 5.09. The fourth-order valence-electron chi connectivity index (χ4n) is 3.19. The highest BCUT2D eigenvalue weighted by atomic mass is 35.5. The molecule has 1 fully saturated rings. The zero-order valence-electron chi connectivity index (χ0n) is 18.3. The second-order valence-corrected chi connectivity index (χ2v) is 8.83. The molecule has 0 bridgehead atoms. The van der Waals surface area contributed by atoms with Crippen LogP contribution in [0.3, 0.4) is 0 Å². The van der Waals surface area contributed by atoms with E-state index < -0.39 is 22.5 Å². The molecule has 1 N–H and O–H groups in total. The van der Waals surface area contributed by atoms with Gasteiger partial charge in [0.1, 0.15) is 16.3 Å². The van der Waals surface area contributed by atoms with Gasteiger partial charge in [-0.15, -0.1) is 0 Å². The quantitative estimate of drug-likeness (QED) is 0.616. The molecular weight excluding hydrogens is 447 g/mol. The molecule has 0 radical (unpaired) electrons. The highest BCUT2D eigenvalue weighted by Gasteiger charge is 2.34. The van der Waals surface area contributed by atoms with Crippen LogP contribution in [0.5, 0.6) is 0 Å². The van der Waals surface area contributed by atoms with E-state index in [1.807, 2.05) is 39.8 Å². The highest BCUT2D eigenvalue weighted by molar-refractivity contribution is 6.30. The molecule has 1 saturated heterocycles. The average molecular weight is 472 g/mol. The Balaban J connectivity index is 1.64. The van der Waals surface area contributed by atoms with Gasteiger partial charge in [0.05, 0.1) is 0 Å². The first-order valence-electron chi connectivity index (χ1n) is 10.0. The van der Waals surface area contributed by atoms with Crippen LogP contribution in [0, 0.1) is 6.92 Å². The maximum absolute atomic E-state index is 12.8. The molecule has 1 aromatic carbocycles. The van der Waals surface area contributed by atoms with Crippen LogP contribution < -0.4 is 10.2 Å². The van der Waals surface area contributed by atoms with Crippen molar-refractivity contribution < 1.29 is 22.7 Å². The summed E-state index contributed by atoms with van der Waals surface area (Å²) in [4.78, 5) is 23.5. The number of hydrogen-bond donors (Lipinski definition) is 1. The van der Waals surface area contributed by atoms with E-state index in [0.29, 0.717) is 38.1 Å². The summed E-state index contributed by atoms with van der Waals surface area (Å²) >= 11 is 5.66. The van der Waals surface area contributed by atoms with Gasteiger partial charge in [0.15, 0.2) is 0 Å². The molecule has 2 heterocycles. The Kier molecular flexibility index (Phi) is 6.73. The summed E-state index contributed by atoms with van der Waals surface area (Å²) in [6.07, 6.45) is -4.27. The molecule has 11 heteroatoms. The van der Waals surface area contributed by atoms with E-state index in [2.05, 4.69) is 20.2 Å². The van der Waals surface area contributed by atoms with Gasteiger partial charge in [-0.1, -0.05) is 11.6 Å². The minimum atomic E-state index is -4.61. The van der Waals surface area contributed by atoms with E-state index in [1.165, 1.54) is 0 Å². The van der Waals surface area contributed by atoms with E-state index in [4.69, 9.17) is 16.3 Å². The zero-order chi connectivity index (χ0) is 23.7. The molecule has 0 unspecified atom stereocenters. The normalized spacial score (nSPS) is 15.0. The molecule has 0 saturated carbocycles. The van der Waals surface area contributed by atoms with Crippen molar-refractivity contribution in [2.45, 2.75) is 39.5 Å². The summed E-state index contributed by atoms with van der Waals surface area (Å²) in [7, 11) is 0. The number of carbonyl (C=O) groups excluding carboxylic acids is 1. The van der Waals surface area contributed by atoms with Gasteiger partial charge in [0, 0.05) is 43.8 Å². The van der Waals surface area contributed by atoms with Crippen molar-refractivity contribution in [2.75, 3.05) is 36.4 Å². The number of nitrogens with one attached hydrogen (secondary N) is 1. The molecule has 32 heavy (non-hydrogen) atoms. The Hall–Kier alpha value is -2.75. The lowest BCUT2D eigenvalue weighted by Gasteiger charge is -2.37. The monoisotopic (exact) mass is 471 g/mol. The Labute approximate surface area is 189 Å². The van der Waals surface area contributed by atoms with Crippen LogP contribution in [0.15, 0.2) is 24.4 Å². The topological polar surface area (TPSA) is 70.6 Å². The minimum absolute atomic E-state index is 0.0233. The van der Waals surface area contributed by atoms with Gasteiger partial charge in [-0.25, -0.2) is 14.8 Å². The van der Waals surface area contributed by atoms with E-state index >= 15 is 0 Å². The number of hydrogen-bond acceptors (Lipinski definition) is 6. The number of aromatic nitrogens is 2. The van der Waals surface area contributed by atoms with Crippen LogP contribution in [-0.4, -0.2) is 52.7 Å². The highest BCUT2D eigenvalue weighted by Crippen LogP contribution is 2.34. The van der Waals surface area contributed by atoms with Gasteiger partial charge in [-0.05, 0) is 51.5 Å². The number of anilines is 3. The fraction of sp³-hybridized carbons (Fsp3) is 0.476. The second kappa shape index (κ2) is 9.01. The summed E-state index contributed by atoms with van der Waals surface area (Å²) in [5.41, 5.74) is 0.869. The minimum Gasteiger partial charge on any atom is -0.444 e. The number of carbonyl (C=O) groups is 1. The van der Waals surface area contributed by atoms with E-state index in [1.54, 1.807) is 11.0 Å². The number of halogens is 4. The number of benzene rings is 1. The van der Waals surface area contributed by atoms with E-state index in [0.717, 1.165) is 11.3 Å². The lowest BCUT2D eigenvalue weighted by Crippen LogP contribution is -2.50. The standard InChI is InChI=1S/C21H25ClF3N5O2/c1-13-11-14(29-7-9-30(10-8-29)19(31)32-20(2,3)4)5-6-16(13)27-18-26-12-15(17(22)28-18)21(23,24)25/h5-6,11-12H,7-10H2,1-4H3,(H,26,27,28). The van der Waals surface area contributed by atoms with Crippen LogP contribution in [0.25, 0.3) is 0 Å². The van der Waals surface area contributed by atoms with Crippen molar-refractivity contribution >= 4 is 35.0 Å². The molecule has 1 aliphatic heterocycles. The van der Waals surface area contributed by atoms with Gasteiger partial charge in [-0.3, -0.25) is 0 Å². The summed E-state index contributed by atoms with van der Waals surface area (Å²) in [6, 6.07) is 5.65. The van der Waals surface area contributed by atoms with Crippen molar-refractivity contribution in [3.63, 3.8) is 0 Å². The summed E-state index contributed by atoms with van der Waals surface area (Å²) in [5, 5.41) is 2.24. The maximum Gasteiger partial charge on any atom is 0.420 e. The first kappa shape index (κ1) is 23.9. The number of alkyl halides is 3. The maximum atomic E-state index is 12.8. The Bertz CT molecular complexity index is 986. The molecule has 0 atom stereocenters. The first-order chi connectivity index (χ1) is 14.8. The lowest BCUT2D eigenvalue weighted by molar-refractivity contribution is -0.137. The first-order valence-corrected chi connectivity index (χ1v) is 10.4. The van der Waals surface area contributed by atoms with E-state index in [9.17, 15) is 18.0 Å². The van der Waals surface area contributed by atoms with E-state index in [-0.39, 0.29) is 12.0 Å². The molecule has 7 nitrogen and oxygen atoms in total.